The molecular formula is C9H7BrClN3. The zero-order chi connectivity index (χ0) is 9.97. The Hall–Kier alpha value is -0.870. The third kappa shape index (κ3) is 2.13. The molecule has 0 saturated heterocycles. The van der Waals surface area contributed by atoms with Gasteiger partial charge in [-0.05, 0) is 27.6 Å². The van der Waals surface area contributed by atoms with Gasteiger partial charge >= 0.3 is 0 Å². The predicted octanol–water partition coefficient (Wildman–Crippen LogP) is 2.74. The van der Waals surface area contributed by atoms with Crippen molar-refractivity contribution in [1.29, 1.82) is 0 Å². The molecule has 72 valence electrons. The summed E-state index contributed by atoms with van der Waals surface area (Å²) in [5.74, 6) is 0. The van der Waals surface area contributed by atoms with Crippen LogP contribution in [0.5, 0.6) is 0 Å². The standard InChI is InChI=1S/C9H7BrClN3/c10-8-3-13-14(6-8)5-7-1-2-12-4-9(7)11/h1-4,6H,5H2. The Morgan fingerprint density at radius 2 is 2.29 bits per heavy atom. The lowest BCUT2D eigenvalue weighted by Gasteiger charge is -2.02. The smallest absolute Gasteiger partial charge is 0.0675 e. The molecule has 2 aromatic rings. The van der Waals surface area contributed by atoms with E-state index in [0.29, 0.717) is 11.6 Å². The van der Waals surface area contributed by atoms with Crippen molar-refractivity contribution in [2.45, 2.75) is 6.54 Å². The van der Waals surface area contributed by atoms with E-state index < -0.39 is 0 Å². The van der Waals surface area contributed by atoms with E-state index in [1.165, 1.54) is 0 Å². The SMILES string of the molecule is Clc1cnccc1Cn1cc(Br)cn1. The Kier molecular flexibility index (Phi) is 2.84. The van der Waals surface area contributed by atoms with Gasteiger partial charge < -0.3 is 0 Å². The van der Waals surface area contributed by atoms with Crippen LogP contribution in [0.2, 0.25) is 5.02 Å². The number of rotatable bonds is 2. The molecule has 0 radical (unpaired) electrons. The second-order valence-electron chi connectivity index (χ2n) is 2.82. The molecule has 0 bridgehead atoms. The third-order valence-corrected chi connectivity index (χ3v) is 2.54. The highest BCUT2D eigenvalue weighted by atomic mass is 79.9. The highest BCUT2D eigenvalue weighted by Crippen LogP contribution is 2.15. The summed E-state index contributed by atoms with van der Waals surface area (Å²) in [4.78, 5) is 3.92. The predicted molar refractivity (Wildman–Crippen MR) is 58.3 cm³/mol. The van der Waals surface area contributed by atoms with Crippen LogP contribution in [0.25, 0.3) is 0 Å². The van der Waals surface area contributed by atoms with E-state index in [9.17, 15) is 0 Å². The Bertz CT molecular complexity index is 441. The van der Waals surface area contributed by atoms with Crippen LogP contribution in [0, 0.1) is 0 Å². The Labute approximate surface area is 94.9 Å². The number of halogens is 2. The van der Waals surface area contributed by atoms with Gasteiger partial charge in [0.1, 0.15) is 0 Å². The van der Waals surface area contributed by atoms with Crippen molar-refractivity contribution in [3.05, 3.63) is 45.9 Å². The molecule has 0 aliphatic carbocycles. The first kappa shape index (κ1) is 9.68. The van der Waals surface area contributed by atoms with Crippen LogP contribution in [0.4, 0.5) is 0 Å². The van der Waals surface area contributed by atoms with Gasteiger partial charge in [-0.25, -0.2) is 0 Å². The molecule has 0 unspecified atom stereocenters. The summed E-state index contributed by atoms with van der Waals surface area (Å²) in [7, 11) is 0. The second-order valence-corrected chi connectivity index (χ2v) is 4.15. The van der Waals surface area contributed by atoms with Crippen LogP contribution in [0.3, 0.4) is 0 Å². The fourth-order valence-corrected chi connectivity index (χ4v) is 1.64. The molecule has 3 nitrogen and oxygen atoms in total. The van der Waals surface area contributed by atoms with Crippen molar-refractivity contribution in [3.63, 3.8) is 0 Å². The van der Waals surface area contributed by atoms with E-state index in [0.717, 1.165) is 10.0 Å². The third-order valence-electron chi connectivity index (χ3n) is 1.79. The van der Waals surface area contributed by atoms with Crippen LogP contribution in [0.1, 0.15) is 5.56 Å². The number of aromatic nitrogens is 3. The second kappa shape index (κ2) is 4.11. The average molecular weight is 273 g/mol. The molecule has 0 saturated carbocycles. The molecule has 0 atom stereocenters. The van der Waals surface area contributed by atoms with Gasteiger partial charge in [0, 0.05) is 18.6 Å². The fourth-order valence-electron chi connectivity index (χ4n) is 1.13. The summed E-state index contributed by atoms with van der Waals surface area (Å²) in [5.41, 5.74) is 1.01. The first-order valence-electron chi connectivity index (χ1n) is 4.02. The number of hydrogen-bond donors (Lipinski definition) is 0. The van der Waals surface area contributed by atoms with Crippen LogP contribution in [-0.2, 0) is 6.54 Å². The van der Waals surface area contributed by atoms with Gasteiger partial charge in [-0.2, -0.15) is 5.10 Å². The minimum absolute atomic E-state index is 0.660. The number of hydrogen-bond acceptors (Lipinski definition) is 2. The van der Waals surface area contributed by atoms with Crippen molar-refractivity contribution < 1.29 is 0 Å². The van der Waals surface area contributed by atoms with Gasteiger partial charge in [-0.15, -0.1) is 0 Å². The summed E-state index contributed by atoms with van der Waals surface area (Å²) >= 11 is 9.30. The van der Waals surface area contributed by atoms with Gasteiger partial charge in [-0.3, -0.25) is 9.67 Å². The monoisotopic (exact) mass is 271 g/mol. The molecule has 5 heteroatoms. The van der Waals surface area contributed by atoms with E-state index in [-0.39, 0.29) is 0 Å². The summed E-state index contributed by atoms with van der Waals surface area (Å²) in [5, 5.41) is 4.81. The lowest BCUT2D eigenvalue weighted by molar-refractivity contribution is 0.686. The molecule has 0 spiro atoms. The maximum atomic E-state index is 5.97. The molecule has 2 rings (SSSR count). The normalized spacial score (nSPS) is 10.4. The van der Waals surface area contributed by atoms with Crippen LogP contribution >= 0.6 is 27.5 Å². The Morgan fingerprint density at radius 1 is 1.43 bits per heavy atom. The van der Waals surface area contributed by atoms with E-state index >= 15 is 0 Å². The van der Waals surface area contributed by atoms with E-state index in [1.54, 1.807) is 18.6 Å². The zero-order valence-electron chi connectivity index (χ0n) is 7.19. The van der Waals surface area contributed by atoms with Gasteiger partial charge in [0.15, 0.2) is 0 Å². The van der Waals surface area contributed by atoms with Gasteiger partial charge in [0.2, 0.25) is 0 Å². The maximum Gasteiger partial charge on any atom is 0.0675 e. The minimum Gasteiger partial charge on any atom is -0.267 e. The summed E-state index contributed by atoms with van der Waals surface area (Å²) in [6, 6.07) is 1.89. The molecule has 2 heterocycles. The quantitative estimate of drug-likeness (QED) is 0.841. The Balaban J connectivity index is 2.23. The topological polar surface area (TPSA) is 30.7 Å². The van der Waals surface area contributed by atoms with Gasteiger partial charge in [0.25, 0.3) is 0 Å². The van der Waals surface area contributed by atoms with Crippen LogP contribution < -0.4 is 0 Å². The molecule has 0 aromatic carbocycles. The fraction of sp³-hybridized carbons (Fsp3) is 0.111. The lowest BCUT2D eigenvalue weighted by atomic mass is 10.3. The molecule has 0 fully saturated rings. The molecule has 0 aliphatic rings. The summed E-state index contributed by atoms with van der Waals surface area (Å²) in [6.07, 6.45) is 7.00. The van der Waals surface area contributed by atoms with Crippen LogP contribution in [0.15, 0.2) is 35.3 Å². The molecule has 2 aromatic heterocycles. The lowest BCUT2D eigenvalue weighted by Crippen LogP contribution is -2.00. The molecule has 0 amide bonds. The summed E-state index contributed by atoms with van der Waals surface area (Å²) < 4.78 is 2.77. The molecule has 0 N–H and O–H groups in total. The average Bonchev–Trinajstić information content (AvgIpc) is 2.56. The highest BCUT2D eigenvalue weighted by Gasteiger charge is 2.01. The summed E-state index contributed by atoms with van der Waals surface area (Å²) in [6.45, 7) is 0.660. The number of pyridine rings is 1. The molecule has 0 aliphatic heterocycles. The van der Waals surface area contributed by atoms with Crippen molar-refractivity contribution in [3.8, 4) is 0 Å². The number of nitrogens with zero attached hydrogens (tertiary/aromatic N) is 3. The van der Waals surface area contributed by atoms with Crippen molar-refractivity contribution in [2.75, 3.05) is 0 Å². The molecular weight excluding hydrogens is 265 g/mol. The van der Waals surface area contributed by atoms with Crippen molar-refractivity contribution >= 4 is 27.5 Å². The Morgan fingerprint density at radius 3 is 2.93 bits per heavy atom. The van der Waals surface area contributed by atoms with Crippen molar-refractivity contribution in [2.24, 2.45) is 0 Å². The minimum atomic E-state index is 0.660. The first-order valence-corrected chi connectivity index (χ1v) is 5.19. The van der Waals surface area contributed by atoms with E-state index in [1.807, 2.05) is 16.9 Å². The van der Waals surface area contributed by atoms with Crippen LogP contribution in [-0.4, -0.2) is 14.8 Å². The molecule has 14 heavy (non-hydrogen) atoms. The van der Waals surface area contributed by atoms with Gasteiger partial charge in [-0.1, -0.05) is 11.6 Å². The maximum absolute atomic E-state index is 5.97. The van der Waals surface area contributed by atoms with E-state index in [2.05, 4.69) is 26.0 Å². The first-order chi connectivity index (χ1) is 6.75. The zero-order valence-corrected chi connectivity index (χ0v) is 9.53. The van der Waals surface area contributed by atoms with Gasteiger partial charge in [0.05, 0.1) is 22.2 Å². The van der Waals surface area contributed by atoms with Crippen molar-refractivity contribution in [1.82, 2.24) is 14.8 Å². The van der Waals surface area contributed by atoms with E-state index in [4.69, 9.17) is 11.6 Å². The largest absolute Gasteiger partial charge is 0.267 e. The highest BCUT2D eigenvalue weighted by molar-refractivity contribution is 9.10.